The fourth-order valence-electron chi connectivity index (χ4n) is 2.58. The number of nitrogens with zero attached hydrogens (tertiary/aromatic N) is 2. The van der Waals surface area contributed by atoms with E-state index < -0.39 is 0 Å². The molecule has 1 fully saturated rings. The van der Waals surface area contributed by atoms with E-state index in [0.29, 0.717) is 17.5 Å². The van der Waals surface area contributed by atoms with Gasteiger partial charge in [-0.05, 0) is 38.2 Å². The van der Waals surface area contributed by atoms with Crippen molar-refractivity contribution in [1.29, 1.82) is 0 Å². The van der Waals surface area contributed by atoms with Gasteiger partial charge < -0.3 is 10.2 Å². The number of piperidine rings is 1. The van der Waals surface area contributed by atoms with E-state index in [1.54, 1.807) is 12.4 Å². The largest absolute Gasteiger partial charge is 0.381 e. The summed E-state index contributed by atoms with van der Waals surface area (Å²) in [7, 11) is 0. The van der Waals surface area contributed by atoms with Crippen molar-refractivity contribution in [3.8, 4) is 0 Å². The lowest BCUT2D eigenvalue weighted by atomic mass is 10.00. The van der Waals surface area contributed by atoms with Crippen LogP contribution in [0.3, 0.4) is 0 Å². The van der Waals surface area contributed by atoms with Gasteiger partial charge in [-0.1, -0.05) is 13.8 Å². The third-order valence-corrected chi connectivity index (χ3v) is 3.95. The van der Waals surface area contributed by atoms with Crippen molar-refractivity contribution in [2.75, 3.05) is 18.4 Å². The smallest absolute Gasteiger partial charge is 0.255 e. The summed E-state index contributed by atoms with van der Waals surface area (Å²) < 4.78 is 0. The molecular weight excluding hydrogens is 250 g/mol. The average Bonchev–Trinajstić information content (AvgIpc) is 2.46. The summed E-state index contributed by atoms with van der Waals surface area (Å²) in [5.41, 5.74) is 1.61. The van der Waals surface area contributed by atoms with E-state index in [-0.39, 0.29) is 5.91 Å². The van der Waals surface area contributed by atoms with Gasteiger partial charge in [0.1, 0.15) is 0 Å². The Labute approximate surface area is 121 Å². The number of aromatic nitrogens is 1. The van der Waals surface area contributed by atoms with Crippen LogP contribution in [0.15, 0.2) is 18.5 Å². The third kappa shape index (κ3) is 3.71. The summed E-state index contributed by atoms with van der Waals surface area (Å²) in [5, 5.41) is 3.37. The number of rotatable bonds is 4. The van der Waals surface area contributed by atoms with Crippen LogP contribution in [-0.4, -0.2) is 34.9 Å². The maximum atomic E-state index is 12.5. The maximum absolute atomic E-state index is 12.5. The van der Waals surface area contributed by atoms with Crippen LogP contribution < -0.4 is 5.32 Å². The Morgan fingerprint density at radius 3 is 3.05 bits per heavy atom. The Morgan fingerprint density at radius 2 is 2.35 bits per heavy atom. The monoisotopic (exact) mass is 275 g/mol. The molecule has 20 heavy (non-hydrogen) atoms. The van der Waals surface area contributed by atoms with Gasteiger partial charge in [0.25, 0.3) is 5.91 Å². The molecule has 110 valence electrons. The van der Waals surface area contributed by atoms with Crippen molar-refractivity contribution in [3.63, 3.8) is 0 Å². The molecule has 4 heteroatoms. The Hall–Kier alpha value is -1.58. The summed E-state index contributed by atoms with van der Waals surface area (Å²) in [6.07, 6.45) is 6.82. The van der Waals surface area contributed by atoms with Gasteiger partial charge >= 0.3 is 0 Å². The normalized spacial score (nSPS) is 20.6. The highest BCUT2D eigenvalue weighted by Crippen LogP contribution is 2.19. The summed E-state index contributed by atoms with van der Waals surface area (Å²) in [6.45, 7) is 8.20. The van der Waals surface area contributed by atoms with Crippen molar-refractivity contribution < 1.29 is 4.79 Å². The fraction of sp³-hybridized carbons (Fsp3) is 0.625. The van der Waals surface area contributed by atoms with Crippen LogP contribution in [-0.2, 0) is 0 Å². The van der Waals surface area contributed by atoms with Gasteiger partial charge in [-0.2, -0.15) is 0 Å². The molecular formula is C16H25N3O. The van der Waals surface area contributed by atoms with Gasteiger partial charge in [0.05, 0.1) is 11.3 Å². The highest BCUT2D eigenvalue weighted by Gasteiger charge is 2.22. The van der Waals surface area contributed by atoms with Crippen molar-refractivity contribution in [2.45, 2.75) is 46.1 Å². The molecule has 2 heterocycles. The molecule has 1 N–H and O–H groups in total. The van der Waals surface area contributed by atoms with Gasteiger partial charge in [-0.3, -0.25) is 9.78 Å². The molecule has 1 aromatic rings. The van der Waals surface area contributed by atoms with E-state index >= 15 is 0 Å². The third-order valence-electron chi connectivity index (χ3n) is 3.95. The number of anilines is 1. The Bertz CT molecular complexity index is 461. The summed E-state index contributed by atoms with van der Waals surface area (Å²) >= 11 is 0. The molecule has 0 saturated carbocycles. The molecule has 1 aliphatic rings. The Morgan fingerprint density at radius 1 is 1.55 bits per heavy atom. The van der Waals surface area contributed by atoms with Crippen LogP contribution in [0, 0.1) is 5.92 Å². The van der Waals surface area contributed by atoms with Crippen molar-refractivity contribution in [3.05, 3.63) is 24.0 Å². The molecule has 2 atom stereocenters. The molecule has 2 unspecified atom stereocenters. The van der Waals surface area contributed by atoms with E-state index in [1.807, 2.05) is 11.0 Å². The first-order valence-corrected chi connectivity index (χ1v) is 7.61. The summed E-state index contributed by atoms with van der Waals surface area (Å²) in [6, 6.07) is 2.30. The molecule has 4 nitrogen and oxygen atoms in total. The first-order chi connectivity index (χ1) is 9.60. The van der Waals surface area contributed by atoms with Gasteiger partial charge in [0.15, 0.2) is 0 Å². The lowest BCUT2D eigenvalue weighted by Crippen LogP contribution is -2.39. The van der Waals surface area contributed by atoms with Gasteiger partial charge in [0, 0.05) is 31.5 Å². The number of likely N-dealkylation sites (tertiary alicyclic amines) is 1. The van der Waals surface area contributed by atoms with Crippen LogP contribution in [0.5, 0.6) is 0 Å². The number of hydrogen-bond donors (Lipinski definition) is 1. The topological polar surface area (TPSA) is 45.2 Å². The minimum Gasteiger partial charge on any atom is -0.381 e. The Kier molecular flexibility index (Phi) is 4.99. The number of nitrogens with one attached hydrogen (secondary N) is 1. The van der Waals surface area contributed by atoms with E-state index in [0.717, 1.165) is 31.6 Å². The molecule has 1 amide bonds. The van der Waals surface area contributed by atoms with Crippen LogP contribution in [0.4, 0.5) is 5.69 Å². The first kappa shape index (κ1) is 14.8. The predicted molar refractivity (Wildman–Crippen MR) is 81.9 cm³/mol. The minimum atomic E-state index is 0.108. The highest BCUT2D eigenvalue weighted by molar-refractivity contribution is 5.94. The summed E-state index contributed by atoms with van der Waals surface area (Å²) in [5.74, 6) is 0.707. The van der Waals surface area contributed by atoms with Crippen LogP contribution in [0.25, 0.3) is 0 Å². The second kappa shape index (κ2) is 6.73. The quantitative estimate of drug-likeness (QED) is 0.918. The molecule has 0 aliphatic carbocycles. The van der Waals surface area contributed by atoms with Crippen LogP contribution in [0.2, 0.25) is 0 Å². The van der Waals surface area contributed by atoms with Crippen LogP contribution >= 0.6 is 0 Å². The lowest BCUT2D eigenvalue weighted by molar-refractivity contribution is 0.0682. The molecule has 0 aromatic carbocycles. The molecule has 1 aromatic heterocycles. The van der Waals surface area contributed by atoms with Crippen molar-refractivity contribution in [2.24, 2.45) is 5.92 Å². The van der Waals surface area contributed by atoms with Crippen LogP contribution in [0.1, 0.15) is 50.4 Å². The SMILES string of the molecule is CCC(C)Nc1cncc(C(=O)N2CCCC(C)C2)c1. The zero-order valence-corrected chi connectivity index (χ0v) is 12.7. The average molecular weight is 275 g/mol. The minimum absolute atomic E-state index is 0.108. The highest BCUT2D eigenvalue weighted by atomic mass is 16.2. The first-order valence-electron chi connectivity index (χ1n) is 7.61. The summed E-state index contributed by atoms with van der Waals surface area (Å²) in [4.78, 5) is 18.7. The van der Waals surface area contributed by atoms with Gasteiger partial charge in [0.2, 0.25) is 0 Å². The standard InChI is InChI=1S/C16H25N3O/c1-4-13(3)18-15-8-14(9-17-10-15)16(20)19-7-5-6-12(2)11-19/h8-10,12-13,18H,4-7,11H2,1-3H3. The van der Waals surface area contributed by atoms with E-state index in [4.69, 9.17) is 0 Å². The van der Waals surface area contributed by atoms with Gasteiger partial charge in [-0.25, -0.2) is 0 Å². The molecule has 1 aliphatic heterocycles. The lowest BCUT2D eigenvalue weighted by Gasteiger charge is -2.31. The Balaban J connectivity index is 2.07. The maximum Gasteiger partial charge on any atom is 0.255 e. The zero-order chi connectivity index (χ0) is 14.5. The van der Waals surface area contributed by atoms with Gasteiger partial charge in [-0.15, -0.1) is 0 Å². The number of carbonyl (C=O) groups excluding carboxylic acids is 1. The zero-order valence-electron chi connectivity index (χ0n) is 12.7. The number of amides is 1. The predicted octanol–water partition coefficient (Wildman–Crippen LogP) is 3.16. The molecule has 0 spiro atoms. The molecule has 1 saturated heterocycles. The van der Waals surface area contributed by atoms with Crippen molar-refractivity contribution in [1.82, 2.24) is 9.88 Å². The van der Waals surface area contributed by atoms with E-state index in [1.165, 1.54) is 6.42 Å². The molecule has 0 bridgehead atoms. The number of pyridine rings is 1. The number of carbonyl (C=O) groups is 1. The molecule has 0 radical (unpaired) electrons. The fourth-order valence-corrected chi connectivity index (χ4v) is 2.58. The van der Waals surface area contributed by atoms with E-state index in [2.05, 4.69) is 31.1 Å². The number of hydrogen-bond acceptors (Lipinski definition) is 3. The van der Waals surface area contributed by atoms with E-state index in [9.17, 15) is 4.79 Å². The molecule has 2 rings (SSSR count). The second-order valence-electron chi connectivity index (χ2n) is 5.91. The van der Waals surface area contributed by atoms with Crippen molar-refractivity contribution >= 4 is 11.6 Å². The second-order valence-corrected chi connectivity index (χ2v) is 5.91.